The van der Waals surface area contributed by atoms with Gasteiger partial charge < -0.3 is 15.5 Å². The van der Waals surface area contributed by atoms with Gasteiger partial charge in [0.1, 0.15) is 11.8 Å². The van der Waals surface area contributed by atoms with Crippen molar-refractivity contribution in [2.24, 2.45) is 0 Å². The molecule has 0 aliphatic carbocycles. The molecular formula is C12H14BrNO4. The Morgan fingerprint density at radius 1 is 1.33 bits per heavy atom. The van der Waals surface area contributed by atoms with E-state index in [4.69, 9.17) is 10.2 Å². The van der Waals surface area contributed by atoms with Crippen molar-refractivity contribution < 1.29 is 19.8 Å². The van der Waals surface area contributed by atoms with Crippen molar-refractivity contribution in [3.05, 3.63) is 29.8 Å². The van der Waals surface area contributed by atoms with Crippen LogP contribution in [0, 0.1) is 0 Å². The Morgan fingerprint density at radius 3 is 2.33 bits per heavy atom. The molecule has 0 radical (unpaired) electrons. The summed E-state index contributed by atoms with van der Waals surface area (Å²) < 4.78 is 0. The first kappa shape index (κ1) is 14.5. The Kier molecular flexibility index (Phi) is 5.15. The highest BCUT2D eigenvalue weighted by molar-refractivity contribution is 9.10. The van der Waals surface area contributed by atoms with E-state index < -0.39 is 16.8 Å². The van der Waals surface area contributed by atoms with Gasteiger partial charge in [-0.3, -0.25) is 4.79 Å². The lowest BCUT2D eigenvalue weighted by Crippen LogP contribution is -2.44. The average Bonchev–Trinajstić information content (AvgIpc) is 2.30. The molecule has 0 saturated carbocycles. The summed E-state index contributed by atoms with van der Waals surface area (Å²) >= 11 is 3.07. The van der Waals surface area contributed by atoms with Crippen LogP contribution in [0.5, 0.6) is 5.75 Å². The molecule has 1 aromatic carbocycles. The number of hydrogen-bond acceptors (Lipinski definition) is 3. The number of aromatic hydroxyl groups is 1. The van der Waals surface area contributed by atoms with Crippen molar-refractivity contribution in [3.63, 3.8) is 0 Å². The maximum Gasteiger partial charge on any atom is 0.326 e. The van der Waals surface area contributed by atoms with E-state index in [0.717, 1.165) is 5.56 Å². The van der Waals surface area contributed by atoms with Crippen LogP contribution in [0.2, 0.25) is 0 Å². The lowest BCUT2D eigenvalue weighted by Gasteiger charge is -2.15. The molecule has 2 atom stereocenters. The van der Waals surface area contributed by atoms with Crippen LogP contribution in [0.3, 0.4) is 0 Å². The standard InChI is InChI=1S/C12H14BrNO4/c1-7(13)11(16)14-10(12(17)18)6-8-2-4-9(15)5-3-8/h2-5,7,10,15H,6H2,1H3,(H,14,16)(H,17,18). The fourth-order valence-corrected chi connectivity index (χ4v) is 1.49. The molecule has 98 valence electrons. The number of nitrogens with one attached hydrogen (secondary N) is 1. The molecule has 0 heterocycles. The predicted molar refractivity (Wildman–Crippen MR) is 69.8 cm³/mol. The van der Waals surface area contributed by atoms with E-state index >= 15 is 0 Å². The molecular weight excluding hydrogens is 302 g/mol. The summed E-state index contributed by atoms with van der Waals surface area (Å²) in [6.07, 6.45) is 0.168. The number of alkyl halides is 1. The smallest absolute Gasteiger partial charge is 0.326 e. The van der Waals surface area contributed by atoms with Crippen LogP contribution in [0.4, 0.5) is 0 Å². The first-order valence-electron chi connectivity index (χ1n) is 5.35. The van der Waals surface area contributed by atoms with Crippen molar-refractivity contribution in [1.29, 1.82) is 0 Å². The van der Waals surface area contributed by atoms with E-state index in [9.17, 15) is 9.59 Å². The molecule has 0 aromatic heterocycles. The Balaban J connectivity index is 2.72. The molecule has 18 heavy (non-hydrogen) atoms. The summed E-state index contributed by atoms with van der Waals surface area (Å²) in [4.78, 5) is 22.0. The Hall–Kier alpha value is -1.56. The van der Waals surface area contributed by atoms with Gasteiger partial charge in [0.25, 0.3) is 0 Å². The molecule has 1 amide bonds. The van der Waals surface area contributed by atoms with Crippen LogP contribution in [0.15, 0.2) is 24.3 Å². The molecule has 1 aromatic rings. The van der Waals surface area contributed by atoms with Crippen molar-refractivity contribution in [2.45, 2.75) is 24.2 Å². The number of carbonyl (C=O) groups excluding carboxylic acids is 1. The second kappa shape index (κ2) is 6.39. The minimum absolute atomic E-state index is 0.115. The van der Waals surface area contributed by atoms with Crippen molar-refractivity contribution >= 4 is 27.8 Å². The summed E-state index contributed by atoms with van der Waals surface area (Å²) in [7, 11) is 0. The highest BCUT2D eigenvalue weighted by Crippen LogP contribution is 2.11. The maximum atomic E-state index is 11.4. The van der Waals surface area contributed by atoms with Gasteiger partial charge in [-0.2, -0.15) is 0 Å². The summed E-state index contributed by atoms with van der Waals surface area (Å²) in [5.41, 5.74) is 0.725. The van der Waals surface area contributed by atoms with Gasteiger partial charge in [-0.05, 0) is 24.6 Å². The number of hydrogen-bond donors (Lipinski definition) is 3. The maximum absolute atomic E-state index is 11.4. The van der Waals surface area contributed by atoms with E-state index in [1.165, 1.54) is 12.1 Å². The normalized spacial score (nSPS) is 13.7. The molecule has 0 bridgehead atoms. The van der Waals surface area contributed by atoms with E-state index in [-0.39, 0.29) is 18.1 Å². The lowest BCUT2D eigenvalue weighted by atomic mass is 10.1. The summed E-state index contributed by atoms with van der Waals surface area (Å²) in [6, 6.07) is 5.21. The zero-order valence-corrected chi connectivity index (χ0v) is 11.3. The zero-order valence-electron chi connectivity index (χ0n) is 9.76. The van der Waals surface area contributed by atoms with E-state index in [1.807, 2.05) is 0 Å². The number of aliphatic carboxylic acids is 1. The minimum atomic E-state index is -1.09. The molecule has 0 fully saturated rings. The third-order valence-corrected chi connectivity index (χ3v) is 2.77. The fraction of sp³-hybridized carbons (Fsp3) is 0.333. The van der Waals surface area contributed by atoms with E-state index in [2.05, 4.69) is 21.2 Å². The Labute approximate surface area is 113 Å². The molecule has 1 rings (SSSR count). The number of phenols is 1. The highest BCUT2D eigenvalue weighted by Gasteiger charge is 2.22. The predicted octanol–water partition coefficient (Wildman–Crippen LogP) is 1.29. The topological polar surface area (TPSA) is 86.6 Å². The minimum Gasteiger partial charge on any atom is -0.508 e. The molecule has 0 spiro atoms. The van der Waals surface area contributed by atoms with Crippen molar-refractivity contribution in [2.75, 3.05) is 0 Å². The Bertz CT molecular complexity index is 430. The van der Waals surface area contributed by atoms with Gasteiger partial charge in [-0.1, -0.05) is 28.1 Å². The molecule has 0 saturated heterocycles. The van der Waals surface area contributed by atoms with Crippen molar-refractivity contribution in [1.82, 2.24) is 5.32 Å². The summed E-state index contributed by atoms with van der Waals surface area (Å²) in [6.45, 7) is 1.62. The quantitative estimate of drug-likeness (QED) is 0.715. The number of carbonyl (C=O) groups is 2. The van der Waals surface area contributed by atoms with Gasteiger partial charge in [0.2, 0.25) is 5.91 Å². The average molecular weight is 316 g/mol. The molecule has 0 aliphatic rings. The number of phenolic OH excluding ortho intramolecular Hbond substituents is 1. The summed E-state index contributed by atoms with van der Waals surface area (Å²) in [5, 5.41) is 20.6. The number of amides is 1. The first-order valence-corrected chi connectivity index (χ1v) is 6.27. The third kappa shape index (κ3) is 4.37. The third-order valence-electron chi connectivity index (χ3n) is 2.35. The first-order chi connectivity index (χ1) is 8.40. The number of benzene rings is 1. The van der Waals surface area contributed by atoms with Crippen LogP contribution in [0.1, 0.15) is 12.5 Å². The van der Waals surface area contributed by atoms with Gasteiger partial charge in [0.05, 0.1) is 4.83 Å². The number of carboxylic acid groups (broad SMARTS) is 1. The van der Waals surface area contributed by atoms with E-state index in [0.29, 0.717) is 0 Å². The van der Waals surface area contributed by atoms with Gasteiger partial charge in [0.15, 0.2) is 0 Å². The molecule has 6 heteroatoms. The van der Waals surface area contributed by atoms with Crippen LogP contribution in [-0.2, 0) is 16.0 Å². The molecule has 5 nitrogen and oxygen atoms in total. The van der Waals surface area contributed by atoms with Crippen LogP contribution >= 0.6 is 15.9 Å². The monoisotopic (exact) mass is 315 g/mol. The Morgan fingerprint density at radius 2 is 1.89 bits per heavy atom. The molecule has 0 aliphatic heterocycles. The van der Waals surface area contributed by atoms with Crippen LogP contribution < -0.4 is 5.32 Å². The van der Waals surface area contributed by atoms with Gasteiger partial charge >= 0.3 is 5.97 Å². The molecule has 3 N–H and O–H groups in total. The zero-order chi connectivity index (χ0) is 13.7. The van der Waals surface area contributed by atoms with Crippen LogP contribution in [-0.4, -0.2) is 33.0 Å². The second-order valence-corrected chi connectivity index (χ2v) is 5.26. The number of rotatable bonds is 5. The summed E-state index contributed by atoms with van der Waals surface area (Å²) in [5.74, 6) is -1.35. The lowest BCUT2D eigenvalue weighted by molar-refractivity contribution is -0.141. The SMILES string of the molecule is CC(Br)C(=O)NC(Cc1ccc(O)cc1)C(=O)O. The van der Waals surface area contributed by atoms with Gasteiger partial charge in [0, 0.05) is 6.42 Å². The second-order valence-electron chi connectivity index (χ2n) is 3.89. The number of halogens is 1. The van der Waals surface area contributed by atoms with Crippen molar-refractivity contribution in [3.8, 4) is 5.75 Å². The van der Waals surface area contributed by atoms with E-state index in [1.54, 1.807) is 19.1 Å². The molecule has 2 unspecified atom stereocenters. The van der Waals surface area contributed by atoms with Gasteiger partial charge in [-0.25, -0.2) is 4.79 Å². The number of carboxylic acids is 1. The largest absolute Gasteiger partial charge is 0.508 e. The highest BCUT2D eigenvalue weighted by atomic mass is 79.9. The van der Waals surface area contributed by atoms with Crippen LogP contribution in [0.25, 0.3) is 0 Å². The van der Waals surface area contributed by atoms with Gasteiger partial charge in [-0.15, -0.1) is 0 Å². The fourth-order valence-electron chi connectivity index (χ4n) is 1.35.